The van der Waals surface area contributed by atoms with Crippen LogP contribution in [0.25, 0.3) is 10.8 Å². The lowest BCUT2D eigenvalue weighted by Crippen LogP contribution is -2.39. The minimum absolute atomic E-state index is 0.154. The van der Waals surface area contributed by atoms with Crippen LogP contribution in [0.1, 0.15) is 37.7 Å². The maximum Gasteiger partial charge on any atom is 0.258 e. The number of benzene rings is 2. The number of rotatable bonds is 7. The van der Waals surface area contributed by atoms with E-state index in [-0.39, 0.29) is 24.4 Å². The van der Waals surface area contributed by atoms with Crippen LogP contribution in [0.15, 0.2) is 53.5 Å². The molecule has 1 amide bonds. The summed E-state index contributed by atoms with van der Waals surface area (Å²) in [6.45, 7) is 0.289. The van der Waals surface area contributed by atoms with E-state index in [2.05, 4.69) is 5.32 Å². The third-order valence-corrected chi connectivity index (χ3v) is 6.35. The van der Waals surface area contributed by atoms with Gasteiger partial charge in [0.2, 0.25) is 5.91 Å². The van der Waals surface area contributed by atoms with Gasteiger partial charge in [0.1, 0.15) is 0 Å². The summed E-state index contributed by atoms with van der Waals surface area (Å²) in [5.74, 6) is 0.966. The lowest BCUT2D eigenvalue weighted by molar-refractivity contribution is -0.115. The number of hydrogen-bond acceptors (Lipinski definition) is 5. The van der Waals surface area contributed by atoms with Crippen LogP contribution in [0.3, 0.4) is 0 Å². The summed E-state index contributed by atoms with van der Waals surface area (Å²) < 4.78 is 12.1. The van der Waals surface area contributed by atoms with Crippen LogP contribution < -0.4 is 20.3 Å². The molecule has 33 heavy (non-hydrogen) atoms. The van der Waals surface area contributed by atoms with E-state index in [0.717, 1.165) is 24.8 Å². The molecule has 0 spiro atoms. The number of hydrogen-bond donors (Lipinski definition) is 2. The summed E-state index contributed by atoms with van der Waals surface area (Å²) in [6, 6.07) is 12.5. The number of carbonyl (C=O) groups excluding carboxylic acids is 1. The Balaban J connectivity index is 1.54. The molecule has 0 atom stereocenters. The monoisotopic (exact) mass is 450 g/mol. The van der Waals surface area contributed by atoms with Gasteiger partial charge in [-0.2, -0.15) is 0 Å². The largest absolute Gasteiger partial charge is 0.493 e. The Morgan fingerprint density at radius 3 is 2.52 bits per heavy atom. The van der Waals surface area contributed by atoms with E-state index in [9.17, 15) is 14.7 Å². The molecule has 174 valence electrons. The summed E-state index contributed by atoms with van der Waals surface area (Å²) in [7, 11) is 3.12. The van der Waals surface area contributed by atoms with Gasteiger partial charge in [-0.25, -0.2) is 0 Å². The third kappa shape index (κ3) is 5.03. The van der Waals surface area contributed by atoms with E-state index in [1.165, 1.54) is 0 Å². The Labute approximate surface area is 193 Å². The molecule has 0 aliphatic heterocycles. The Morgan fingerprint density at radius 1 is 1.03 bits per heavy atom. The average Bonchev–Trinajstić information content (AvgIpc) is 2.81. The lowest BCUT2D eigenvalue weighted by Gasteiger charge is -2.32. The first kappa shape index (κ1) is 22.9. The molecule has 7 heteroatoms. The highest BCUT2D eigenvalue weighted by atomic mass is 16.5. The fourth-order valence-electron chi connectivity index (χ4n) is 4.61. The van der Waals surface area contributed by atoms with Crippen molar-refractivity contribution in [2.24, 2.45) is 0 Å². The molecule has 7 nitrogen and oxygen atoms in total. The first-order valence-corrected chi connectivity index (χ1v) is 11.3. The standard InChI is InChI=1S/C26H30N2O5/c1-32-22-10-9-18(15-23(22)33-2)16-24(29)27-21-8-6-7-20-19(21)11-14-28(25(20)30)17-26(31)12-4-3-5-13-26/h6-11,14-15,31H,3-5,12-13,16-17H2,1-2H3,(H,27,29). The predicted octanol–water partition coefficient (Wildman–Crippen LogP) is 3.90. The molecular weight excluding hydrogens is 420 g/mol. The number of carbonyl (C=O) groups is 1. The van der Waals surface area contributed by atoms with Crippen LogP contribution in [0.5, 0.6) is 11.5 Å². The molecule has 1 aliphatic carbocycles. The quantitative estimate of drug-likeness (QED) is 0.570. The van der Waals surface area contributed by atoms with Gasteiger partial charge in [-0.3, -0.25) is 9.59 Å². The highest BCUT2D eigenvalue weighted by Gasteiger charge is 2.30. The van der Waals surface area contributed by atoms with Crippen LogP contribution in [0, 0.1) is 0 Å². The number of aliphatic hydroxyl groups is 1. The Kier molecular flexibility index (Phi) is 6.70. The van der Waals surface area contributed by atoms with E-state index in [4.69, 9.17) is 9.47 Å². The first-order valence-electron chi connectivity index (χ1n) is 11.3. The highest BCUT2D eigenvalue weighted by molar-refractivity contribution is 6.02. The molecule has 0 unspecified atom stereocenters. The summed E-state index contributed by atoms with van der Waals surface area (Å²) in [4.78, 5) is 25.9. The van der Waals surface area contributed by atoms with Gasteiger partial charge in [0, 0.05) is 22.7 Å². The van der Waals surface area contributed by atoms with Crippen molar-refractivity contribution in [2.75, 3.05) is 19.5 Å². The van der Waals surface area contributed by atoms with Crippen molar-refractivity contribution in [1.29, 1.82) is 0 Å². The van der Waals surface area contributed by atoms with Gasteiger partial charge < -0.3 is 24.5 Å². The fourth-order valence-corrected chi connectivity index (χ4v) is 4.61. The number of ether oxygens (including phenoxy) is 2. The van der Waals surface area contributed by atoms with Gasteiger partial charge in [0.15, 0.2) is 11.5 Å². The molecule has 0 saturated heterocycles. The Bertz CT molecular complexity index is 1210. The second-order valence-corrected chi connectivity index (χ2v) is 8.71. The second kappa shape index (κ2) is 9.67. The number of methoxy groups -OCH3 is 2. The molecule has 2 N–H and O–H groups in total. The Morgan fingerprint density at radius 2 is 1.79 bits per heavy atom. The van der Waals surface area contributed by atoms with Crippen molar-refractivity contribution in [2.45, 2.75) is 50.7 Å². The minimum atomic E-state index is -0.832. The predicted molar refractivity (Wildman–Crippen MR) is 128 cm³/mol. The molecule has 1 fully saturated rings. The van der Waals surface area contributed by atoms with Gasteiger partial charge in [0.25, 0.3) is 5.56 Å². The maximum absolute atomic E-state index is 13.1. The zero-order valence-corrected chi connectivity index (χ0v) is 19.1. The van der Waals surface area contributed by atoms with Crippen LogP contribution in [0.4, 0.5) is 5.69 Å². The number of nitrogens with one attached hydrogen (secondary N) is 1. The van der Waals surface area contributed by atoms with Crippen molar-refractivity contribution < 1.29 is 19.4 Å². The molecule has 0 radical (unpaired) electrons. The van der Waals surface area contributed by atoms with Gasteiger partial charge >= 0.3 is 0 Å². The van der Waals surface area contributed by atoms with E-state index in [1.807, 2.05) is 12.1 Å². The molecule has 1 aromatic heterocycles. The van der Waals surface area contributed by atoms with Crippen LogP contribution >= 0.6 is 0 Å². The Hall–Kier alpha value is -3.32. The highest BCUT2D eigenvalue weighted by Crippen LogP contribution is 2.30. The van der Waals surface area contributed by atoms with Crippen molar-refractivity contribution in [3.63, 3.8) is 0 Å². The fraction of sp³-hybridized carbons (Fsp3) is 0.385. The van der Waals surface area contributed by atoms with Gasteiger partial charge in [0.05, 0.1) is 32.8 Å². The first-order chi connectivity index (χ1) is 15.9. The number of pyridine rings is 1. The molecule has 3 aromatic rings. The number of fused-ring (bicyclic) bond motifs is 1. The maximum atomic E-state index is 13.1. The molecule has 4 rings (SSSR count). The topological polar surface area (TPSA) is 89.8 Å². The van der Waals surface area contributed by atoms with Crippen molar-refractivity contribution in [3.05, 3.63) is 64.6 Å². The number of nitrogens with zero attached hydrogens (tertiary/aromatic N) is 1. The van der Waals surface area contributed by atoms with E-state index >= 15 is 0 Å². The molecule has 0 bridgehead atoms. The zero-order valence-electron chi connectivity index (χ0n) is 19.1. The molecule has 1 saturated carbocycles. The van der Waals surface area contributed by atoms with E-state index in [1.54, 1.807) is 55.3 Å². The van der Waals surface area contributed by atoms with E-state index in [0.29, 0.717) is 40.8 Å². The summed E-state index contributed by atoms with van der Waals surface area (Å²) in [5, 5.41) is 15.0. The normalized spacial score (nSPS) is 15.2. The van der Waals surface area contributed by atoms with Crippen LogP contribution in [-0.4, -0.2) is 35.4 Å². The summed E-state index contributed by atoms with van der Waals surface area (Å²) in [5.41, 5.74) is 0.371. The van der Waals surface area contributed by atoms with Crippen molar-refractivity contribution in [1.82, 2.24) is 4.57 Å². The molecule has 1 heterocycles. The summed E-state index contributed by atoms with van der Waals surface area (Å²) in [6.07, 6.45) is 6.38. The molecular formula is C26H30N2O5. The van der Waals surface area contributed by atoms with Gasteiger partial charge in [-0.1, -0.05) is 31.4 Å². The average molecular weight is 451 g/mol. The smallest absolute Gasteiger partial charge is 0.258 e. The number of anilines is 1. The van der Waals surface area contributed by atoms with Gasteiger partial charge in [-0.15, -0.1) is 0 Å². The minimum Gasteiger partial charge on any atom is -0.493 e. The molecule has 1 aliphatic rings. The van der Waals surface area contributed by atoms with Crippen LogP contribution in [-0.2, 0) is 17.8 Å². The van der Waals surface area contributed by atoms with Crippen molar-refractivity contribution in [3.8, 4) is 11.5 Å². The zero-order chi connectivity index (χ0) is 23.4. The second-order valence-electron chi connectivity index (χ2n) is 8.71. The lowest BCUT2D eigenvalue weighted by atomic mass is 9.85. The molecule has 2 aromatic carbocycles. The third-order valence-electron chi connectivity index (χ3n) is 6.35. The number of aromatic nitrogens is 1. The van der Waals surface area contributed by atoms with Gasteiger partial charge in [-0.05, 0) is 48.7 Å². The summed E-state index contributed by atoms with van der Waals surface area (Å²) >= 11 is 0. The number of amides is 1. The van der Waals surface area contributed by atoms with Crippen LogP contribution in [0.2, 0.25) is 0 Å². The van der Waals surface area contributed by atoms with E-state index < -0.39 is 5.60 Å². The van der Waals surface area contributed by atoms with Crippen molar-refractivity contribution >= 4 is 22.4 Å². The SMILES string of the molecule is COc1ccc(CC(=O)Nc2cccc3c(=O)n(CC4(O)CCCCC4)ccc23)cc1OC.